The molecular formula is C16H17FN2O2. The predicted molar refractivity (Wildman–Crippen MR) is 79.7 cm³/mol. The Bertz CT molecular complexity index is 641. The third-order valence-corrected chi connectivity index (χ3v) is 3.21. The van der Waals surface area contributed by atoms with E-state index in [0.29, 0.717) is 17.0 Å². The number of benzene rings is 2. The quantitative estimate of drug-likeness (QED) is 0.850. The number of methoxy groups -OCH3 is 1. The number of hydrogen-bond acceptors (Lipinski definition) is 3. The van der Waals surface area contributed by atoms with Gasteiger partial charge >= 0.3 is 0 Å². The minimum atomic E-state index is -0.305. The van der Waals surface area contributed by atoms with Crippen LogP contribution in [0.1, 0.15) is 28.9 Å². The first-order chi connectivity index (χ1) is 10.0. The number of amides is 1. The van der Waals surface area contributed by atoms with Gasteiger partial charge in [0, 0.05) is 5.56 Å². The molecule has 110 valence electrons. The van der Waals surface area contributed by atoms with Crippen molar-refractivity contribution in [3.05, 3.63) is 59.4 Å². The fourth-order valence-electron chi connectivity index (χ4n) is 1.99. The summed E-state index contributed by atoms with van der Waals surface area (Å²) in [5.41, 5.74) is 7.46. The van der Waals surface area contributed by atoms with Gasteiger partial charge in [0.25, 0.3) is 5.91 Å². The maximum atomic E-state index is 12.9. The minimum absolute atomic E-state index is 0.235. The van der Waals surface area contributed by atoms with Crippen LogP contribution in [0.15, 0.2) is 42.5 Å². The van der Waals surface area contributed by atoms with Crippen LogP contribution in [0.3, 0.4) is 0 Å². The molecule has 0 saturated carbocycles. The van der Waals surface area contributed by atoms with Gasteiger partial charge in [-0.15, -0.1) is 0 Å². The molecule has 2 aromatic carbocycles. The summed E-state index contributed by atoms with van der Waals surface area (Å²) in [6.07, 6.45) is 0. The van der Waals surface area contributed by atoms with Gasteiger partial charge in [0.1, 0.15) is 11.6 Å². The SMILES string of the molecule is COc1ccc(C(=O)NC(C)c2ccc(F)cc2)cc1N. The van der Waals surface area contributed by atoms with E-state index in [1.54, 1.807) is 30.3 Å². The summed E-state index contributed by atoms with van der Waals surface area (Å²) in [7, 11) is 1.52. The molecule has 0 aliphatic carbocycles. The number of rotatable bonds is 4. The molecule has 0 aromatic heterocycles. The molecule has 0 spiro atoms. The van der Waals surface area contributed by atoms with E-state index >= 15 is 0 Å². The van der Waals surface area contributed by atoms with E-state index in [2.05, 4.69) is 5.32 Å². The van der Waals surface area contributed by atoms with E-state index in [0.717, 1.165) is 5.56 Å². The lowest BCUT2D eigenvalue weighted by atomic mass is 10.1. The molecule has 0 saturated heterocycles. The Hall–Kier alpha value is -2.56. The molecule has 2 aromatic rings. The number of carbonyl (C=O) groups is 1. The van der Waals surface area contributed by atoms with Gasteiger partial charge in [0.2, 0.25) is 0 Å². The zero-order valence-electron chi connectivity index (χ0n) is 11.9. The monoisotopic (exact) mass is 288 g/mol. The fraction of sp³-hybridized carbons (Fsp3) is 0.188. The van der Waals surface area contributed by atoms with E-state index in [1.165, 1.54) is 19.2 Å². The summed E-state index contributed by atoms with van der Waals surface area (Å²) >= 11 is 0. The Morgan fingerprint density at radius 2 is 1.90 bits per heavy atom. The van der Waals surface area contributed by atoms with Crippen molar-refractivity contribution in [3.63, 3.8) is 0 Å². The van der Waals surface area contributed by atoms with Crippen molar-refractivity contribution in [2.45, 2.75) is 13.0 Å². The Balaban J connectivity index is 2.10. The van der Waals surface area contributed by atoms with Crippen LogP contribution in [0.5, 0.6) is 5.75 Å². The molecular weight excluding hydrogens is 271 g/mol. The lowest BCUT2D eigenvalue weighted by Gasteiger charge is -2.15. The largest absolute Gasteiger partial charge is 0.495 e. The minimum Gasteiger partial charge on any atom is -0.495 e. The molecule has 4 nitrogen and oxygen atoms in total. The van der Waals surface area contributed by atoms with E-state index in [1.807, 2.05) is 6.92 Å². The lowest BCUT2D eigenvalue weighted by Crippen LogP contribution is -2.26. The van der Waals surface area contributed by atoms with E-state index in [9.17, 15) is 9.18 Å². The van der Waals surface area contributed by atoms with Crippen molar-refractivity contribution in [2.24, 2.45) is 0 Å². The molecule has 1 atom stereocenters. The molecule has 0 radical (unpaired) electrons. The van der Waals surface area contributed by atoms with Crippen molar-refractivity contribution in [2.75, 3.05) is 12.8 Å². The Morgan fingerprint density at radius 3 is 2.48 bits per heavy atom. The second kappa shape index (κ2) is 6.26. The van der Waals surface area contributed by atoms with Gasteiger partial charge in [-0.25, -0.2) is 4.39 Å². The zero-order valence-corrected chi connectivity index (χ0v) is 11.9. The normalized spacial score (nSPS) is 11.8. The van der Waals surface area contributed by atoms with Gasteiger partial charge in [-0.05, 0) is 42.8 Å². The summed E-state index contributed by atoms with van der Waals surface area (Å²) in [6, 6.07) is 10.6. The van der Waals surface area contributed by atoms with Gasteiger partial charge in [-0.1, -0.05) is 12.1 Å². The fourth-order valence-corrected chi connectivity index (χ4v) is 1.99. The number of carbonyl (C=O) groups excluding carboxylic acids is 1. The first-order valence-corrected chi connectivity index (χ1v) is 6.51. The van der Waals surface area contributed by atoms with Gasteiger partial charge in [-0.2, -0.15) is 0 Å². The number of ether oxygens (including phenoxy) is 1. The van der Waals surface area contributed by atoms with Crippen molar-refractivity contribution < 1.29 is 13.9 Å². The van der Waals surface area contributed by atoms with Crippen LogP contribution in [0, 0.1) is 5.82 Å². The number of nitrogens with one attached hydrogen (secondary N) is 1. The maximum Gasteiger partial charge on any atom is 0.251 e. The zero-order chi connectivity index (χ0) is 15.4. The standard InChI is InChI=1S/C16H17FN2O2/c1-10(11-3-6-13(17)7-4-11)19-16(20)12-5-8-15(21-2)14(18)9-12/h3-10H,18H2,1-2H3,(H,19,20). The van der Waals surface area contributed by atoms with Crippen LogP contribution in [0.2, 0.25) is 0 Å². The molecule has 2 rings (SSSR count). The lowest BCUT2D eigenvalue weighted by molar-refractivity contribution is 0.0940. The molecule has 1 amide bonds. The first-order valence-electron chi connectivity index (χ1n) is 6.51. The number of hydrogen-bond donors (Lipinski definition) is 2. The second-order valence-corrected chi connectivity index (χ2v) is 4.70. The van der Waals surface area contributed by atoms with Crippen LogP contribution in [0.25, 0.3) is 0 Å². The van der Waals surface area contributed by atoms with Crippen molar-refractivity contribution in [1.82, 2.24) is 5.32 Å². The molecule has 0 aliphatic heterocycles. The van der Waals surface area contributed by atoms with Crippen LogP contribution in [-0.2, 0) is 0 Å². The smallest absolute Gasteiger partial charge is 0.251 e. The number of anilines is 1. The van der Waals surface area contributed by atoms with Gasteiger partial charge in [0.05, 0.1) is 18.8 Å². The Morgan fingerprint density at radius 1 is 1.24 bits per heavy atom. The maximum absolute atomic E-state index is 12.9. The molecule has 0 heterocycles. The molecule has 21 heavy (non-hydrogen) atoms. The number of halogens is 1. The molecule has 0 fully saturated rings. The van der Waals surface area contributed by atoms with Crippen LogP contribution in [-0.4, -0.2) is 13.0 Å². The third-order valence-electron chi connectivity index (χ3n) is 3.21. The van der Waals surface area contributed by atoms with Gasteiger partial charge < -0.3 is 15.8 Å². The van der Waals surface area contributed by atoms with E-state index < -0.39 is 0 Å². The third kappa shape index (κ3) is 3.51. The summed E-state index contributed by atoms with van der Waals surface area (Å²) < 4.78 is 17.9. The summed E-state index contributed by atoms with van der Waals surface area (Å²) in [6.45, 7) is 1.83. The second-order valence-electron chi connectivity index (χ2n) is 4.70. The number of nitrogen functional groups attached to an aromatic ring is 1. The average Bonchev–Trinajstić information content (AvgIpc) is 2.47. The van der Waals surface area contributed by atoms with Crippen LogP contribution in [0.4, 0.5) is 10.1 Å². The van der Waals surface area contributed by atoms with Crippen molar-refractivity contribution >= 4 is 11.6 Å². The molecule has 1 unspecified atom stereocenters. The van der Waals surface area contributed by atoms with E-state index in [4.69, 9.17) is 10.5 Å². The molecule has 3 N–H and O–H groups in total. The number of nitrogens with two attached hydrogens (primary N) is 1. The Labute approximate surface area is 122 Å². The van der Waals surface area contributed by atoms with Crippen molar-refractivity contribution in [3.8, 4) is 5.75 Å². The van der Waals surface area contributed by atoms with Crippen molar-refractivity contribution in [1.29, 1.82) is 0 Å². The Kier molecular flexibility index (Phi) is 4.42. The molecule has 0 aliphatic rings. The topological polar surface area (TPSA) is 64.3 Å². The van der Waals surface area contributed by atoms with Gasteiger partial charge in [-0.3, -0.25) is 4.79 Å². The molecule has 5 heteroatoms. The highest BCUT2D eigenvalue weighted by Crippen LogP contribution is 2.22. The summed E-state index contributed by atoms with van der Waals surface area (Å²) in [5, 5.41) is 2.84. The summed E-state index contributed by atoms with van der Waals surface area (Å²) in [5.74, 6) is -0.0282. The molecule has 0 bridgehead atoms. The van der Waals surface area contributed by atoms with Gasteiger partial charge in [0.15, 0.2) is 0 Å². The average molecular weight is 288 g/mol. The highest BCUT2D eigenvalue weighted by Gasteiger charge is 2.13. The highest BCUT2D eigenvalue weighted by atomic mass is 19.1. The predicted octanol–water partition coefficient (Wildman–Crippen LogP) is 2.91. The van der Waals surface area contributed by atoms with Crippen LogP contribution < -0.4 is 15.8 Å². The highest BCUT2D eigenvalue weighted by molar-refractivity contribution is 5.95. The van der Waals surface area contributed by atoms with E-state index in [-0.39, 0.29) is 17.8 Å². The first kappa shape index (κ1) is 14.8. The summed E-state index contributed by atoms with van der Waals surface area (Å²) in [4.78, 5) is 12.2. The van der Waals surface area contributed by atoms with Crippen LogP contribution >= 0.6 is 0 Å².